The molecule has 1 saturated carbocycles. The van der Waals surface area contributed by atoms with Crippen molar-refractivity contribution in [1.82, 2.24) is 14.5 Å². The molecule has 1 aromatic carbocycles. The van der Waals surface area contributed by atoms with Crippen LogP contribution in [0.15, 0.2) is 64.7 Å². The number of halogens is 3. The maximum Gasteiger partial charge on any atom is 0.273 e. The van der Waals surface area contributed by atoms with Gasteiger partial charge in [0.1, 0.15) is 28.4 Å². The quantitative estimate of drug-likeness (QED) is 0.320. The molecule has 3 atom stereocenters. The Kier molecular flexibility index (Phi) is 8.64. The highest BCUT2D eigenvalue weighted by Gasteiger charge is 2.51. The third-order valence-corrected chi connectivity index (χ3v) is 7.53. The van der Waals surface area contributed by atoms with Crippen molar-refractivity contribution in [2.24, 2.45) is 10.9 Å². The number of benzene rings is 1. The van der Waals surface area contributed by atoms with Gasteiger partial charge in [-0.15, -0.1) is 0 Å². The summed E-state index contributed by atoms with van der Waals surface area (Å²) < 4.78 is 30.7. The molecular formula is C31H28ClF2N5O2. The molecule has 3 aromatic rings. The van der Waals surface area contributed by atoms with Crippen LogP contribution >= 0.6 is 11.6 Å². The maximum atomic E-state index is 15.4. The summed E-state index contributed by atoms with van der Waals surface area (Å²) in [6.07, 6.45) is 7.09. The van der Waals surface area contributed by atoms with Crippen molar-refractivity contribution in [3.8, 4) is 6.07 Å². The topological polar surface area (TPSA) is 91.3 Å². The number of hydrogen-bond donors (Lipinski definition) is 0. The van der Waals surface area contributed by atoms with Gasteiger partial charge < -0.3 is 4.90 Å². The second-order valence-corrected chi connectivity index (χ2v) is 10.4. The molecular weight excluding hydrogens is 548 g/mol. The van der Waals surface area contributed by atoms with Gasteiger partial charge in [0.2, 0.25) is 0 Å². The van der Waals surface area contributed by atoms with E-state index < -0.39 is 23.1 Å². The lowest BCUT2D eigenvalue weighted by atomic mass is 10.0. The van der Waals surface area contributed by atoms with Gasteiger partial charge >= 0.3 is 0 Å². The van der Waals surface area contributed by atoms with E-state index in [0.717, 1.165) is 6.20 Å². The summed E-state index contributed by atoms with van der Waals surface area (Å²) in [6, 6.07) is 9.57. The van der Waals surface area contributed by atoms with E-state index in [1.165, 1.54) is 60.2 Å². The molecule has 0 N–H and O–H groups in total. The first-order chi connectivity index (χ1) is 19.5. The zero-order chi connectivity index (χ0) is 30.0. The predicted molar refractivity (Wildman–Crippen MR) is 155 cm³/mol. The number of rotatable bonds is 7. The van der Waals surface area contributed by atoms with Crippen LogP contribution < -0.4 is 5.56 Å². The van der Waals surface area contributed by atoms with Gasteiger partial charge in [0.15, 0.2) is 0 Å². The van der Waals surface area contributed by atoms with Crippen molar-refractivity contribution in [2.45, 2.75) is 32.6 Å². The summed E-state index contributed by atoms with van der Waals surface area (Å²) in [5, 5.41) is 9.45. The summed E-state index contributed by atoms with van der Waals surface area (Å²) >= 11 is 6.59. The third-order valence-electron chi connectivity index (χ3n) is 7.15. The minimum Gasteiger partial charge on any atom is -0.345 e. The number of carbonyl (C=O) groups excluding carboxylic acids is 1. The smallest absolute Gasteiger partial charge is 0.273 e. The van der Waals surface area contributed by atoms with Gasteiger partial charge in [0.05, 0.1) is 17.5 Å². The molecule has 7 nitrogen and oxygen atoms in total. The summed E-state index contributed by atoms with van der Waals surface area (Å²) in [5.74, 6) is -2.15. The number of aromatic nitrogens is 2. The number of aliphatic imine (C=N–C) groups is 1. The van der Waals surface area contributed by atoms with Gasteiger partial charge in [-0.1, -0.05) is 30.7 Å². The molecule has 0 aliphatic heterocycles. The molecule has 2 aromatic heterocycles. The van der Waals surface area contributed by atoms with E-state index in [1.807, 2.05) is 13.0 Å². The molecule has 0 saturated heterocycles. The second kappa shape index (κ2) is 12.0. The fourth-order valence-electron chi connectivity index (χ4n) is 5.03. The third kappa shape index (κ3) is 5.74. The molecule has 4 rings (SSSR count). The zero-order valence-electron chi connectivity index (χ0n) is 23.2. The highest BCUT2D eigenvalue weighted by molar-refractivity contribution is 6.31. The van der Waals surface area contributed by atoms with Crippen LogP contribution in [0.2, 0.25) is 5.02 Å². The van der Waals surface area contributed by atoms with Crippen LogP contribution in [0.5, 0.6) is 0 Å². The summed E-state index contributed by atoms with van der Waals surface area (Å²) in [4.78, 5) is 35.4. The Bertz CT molecular complexity index is 1720. The van der Waals surface area contributed by atoms with Gasteiger partial charge in [-0.3, -0.25) is 19.1 Å². The Morgan fingerprint density at radius 2 is 1.88 bits per heavy atom. The second-order valence-electron chi connectivity index (χ2n) is 10.0. The number of carbonyl (C=O) groups is 1. The molecule has 1 aliphatic rings. The minimum absolute atomic E-state index is 0.000768. The average molecular weight is 576 g/mol. The lowest BCUT2D eigenvalue weighted by molar-refractivity contribution is 0.0823. The standard InChI is InChI=1S/C31H28ClF2N5O2/c1-6-11-36-24(20-8-7-9-21(29(20)34)30(40)38(4)5)10-12-39-17(2)13-23(28(32)31(39)41)27-18(3)26(27)22-14-19(33)16-37-25(22)15-35/h6-14,16,18,26-27H,1-5H3/b11-6+,12-10+,36-24-. The van der Waals surface area contributed by atoms with Gasteiger partial charge in [-0.2, -0.15) is 5.26 Å². The van der Waals surface area contributed by atoms with Crippen molar-refractivity contribution in [2.75, 3.05) is 14.1 Å². The van der Waals surface area contributed by atoms with Crippen molar-refractivity contribution in [1.29, 1.82) is 5.26 Å². The fourth-order valence-corrected chi connectivity index (χ4v) is 5.30. The Hall–Kier alpha value is -4.42. The largest absolute Gasteiger partial charge is 0.345 e. The summed E-state index contributed by atoms with van der Waals surface area (Å²) in [6.45, 7) is 5.44. The van der Waals surface area contributed by atoms with E-state index in [2.05, 4.69) is 9.98 Å². The highest BCUT2D eigenvalue weighted by atomic mass is 35.5. The molecule has 1 fully saturated rings. The van der Waals surface area contributed by atoms with Crippen LogP contribution in [0.4, 0.5) is 8.78 Å². The molecule has 1 amide bonds. The Labute approximate surface area is 241 Å². The Balaban J connectivity index is 1.72. The SMILES string of the molecule is C/C=C/N=C(/C=C/n1c(C)cc(C2C(C)C2c2cc(F)cnc2C#N)c(Cl)c1=O)c1cccc(C(=O)N(C)C)c1F. The van der Waals surface area contributed by atoms with Crippen LogP contribution in [0, 0.1) is 35.8 Å². The van der Waals surface area contributed by atoms with Crippen molar-refractivity contribution >= 4 is 29.4 Å². The van der Waals surface area contributed by atoms with Crippen molar-refractivity contribution in [3.63, 3.8) is 0 Å². The number of aryl methyl sites for hydroxylation is 1. The van der Waals surface area contributed by atoms with Gasteiger partial charge in [0.25, 0.3) is 11.5 Å². The molecule has 3 unspecified atom stereocenters. The van der Waals surface area contributed by atoms with Crippen molar-refractivity contribution in [3.05, 3.63) is 116 Å². The lowest BCUT2D eigenvalue weighted by Gasteiger charge is -2.13. The van der Waals surface area contributed by atoms with E-state index >= 15 is 4.39 Å². The maximum absolute atomic E-state index is 15.4. The van der Waals surface area contributed by atoms with E-state index in [4.69, 9.17) is 11.6 Å². The molecule has 41 heavy (non-hydrogen) atoms. The molecule has 0 radical (unpaired) electrons. The summed E-state index contributed by atoms with van der Waals surface area (Å²) in [7, 11) is 3.07. The first-order valence-electron chi connectivity index (χ1n) is 12.9. The van der Waals surface area contributed by atoms with Crippen LogP contribution in [0.3, 0.4) is 0 Å². The predicted octanol–water partition coefficient (Wildman–Crippen LogP) is 6.07. The number of allylic oxidation sites excluding steroid dienone is 2. The Morgan fingerprint density at radius 3 is 2.54 bits per heavy atom. The number of hydrogen-bond acceptors (Lipinski definition) is 5. The molecule has 2 heterocycles. The lowest BCUT2D eigenvalue weighted by Crippen LogP contribution is -2.23. The monoisotopic (exact) mass is 575 g/mol. The van der Waals surface area contributed by atoms with Crippen LogP contribution in [0.1, 0.15) is 64.1 Å². The number of amides is 1. The minimum atomic E-state index is -0.728. The molecule has 1 aliphatic carbocycles. The molecule has 10 heteroatoms. The molecule has 210 valence electrons. The number of nitriles is 1. The van der Waals surface area contributed by atoms with Crippen LogP contribution in [-0.2, 0) is 0 Å². The van der Waals surface area contributed by atoms with Crippen molar-refractivity contribution < 1.29 is 13.6 Å². The van der Waals surface area contributed by atoms with E-state index in [9.17, 15) is 19.2 Å². The first kappa shape index (κ1) is 29.6. The van der Waals surface area contributed by atoms with E-state index in [0.29, 0.717) is 16.8 Å². The van der Waals surface area contributed by atoms with Gasteiger partial charge in [0, 0.05) is 37.8 Å². The summed E-state index contributed by atoms with van der Waals surface area (Å²) in [5.41, 5.74) is 1.49. The number of nitrogens with zero attached hydrogens (tertiary/aromatic N) is 5. The van der Waals surface area contributed by atoms with Crippen LogP contribution in [-0.4, -0.2) is 40.2 Å². The van der Waals surface area contributed by atoms with Gasteiger partial charge in [-0.05, 0) is 73.1 Å². The average Bonchev–Trinajstić information content (AvgIpc) is 3.61. The van der Waals surface area contributed by atoms with Gasteiger partial charge in [-0.25, -0.2) is 13.8 Å². The normalized spacial score (nSPS) is 18.6. The zero-order valence-corrected chi connectivity index (χ0v) is 23.9. The Morgan fingerprint density at radius 1 is 1.20 bits per heavy atom. The highest BCUT2D eigenvalue weighted by Crippen LogP contribution is 2.61. The molecule has 0 bridgehead atoms. The van der Waals surface area contributed by atoms with E-state index in [-0.39, 0.29) is 45.3 Å². The fraction of sp³-hybridized carbons (Fsp3) is 0.258. The number of pyridine rings is 2. The first-order valence-corrected chi connectivity index (χ1v) is 13.2. The van der Waals surface area contributed by atoms with E-state index in [1.54, 1.807) is 32.1 Å². The molecule has 0 spiro atoms. The van der Waals surface area contributed by atoms with Crippen LogP contribution in [0.25, 0.3) is 6.20 Å².